The molecule has 0 radical (unpaired) electrons. The lowest BCUT2D eigenvalue weighted by Gasteiger charge is -2.23. The molecule has 0 aromatic heterocycles. The molecular formula is C8H16N2O2. The van der Waals surface area contributed by atoms with Crippen LogP contribution in [0.1, 0.15) is 27.2 Å². The second-order valence-corrected chi connectivity index (χ2v) is 2.85. The smallest absolute Gasteiger partial charge is 0.324 e. The lowest BCUT2D eigenvalue weighted by molar-refractivity contribution is -0.118. The summed E-state index contributed by atoms with van der Waals surface area (Å²) in [6, 6.07) is -0.179. The second-order valence-electron chi connectivity index (χ2n) is 2.85. The number of carbonyl (C=O) groups is 2. The van der Waals surface area contributed by atoms with Crippen LogP contribution < -0.4 is 5.32 Å². The monoisotopic (exact) mass is 172 g/mol. The van der Waals surface area contributed by atoms with Gasteiger partial charge in [-0.2, -0.15) is 0 Å². The van der Waals surface area contributed by atoms with E-state index in [1.165, 1.54) is 11.8 Å². The highest BCUT2D eigenvalue weighted by Gasteiger charge is 2.14. The Bertz CT molecular complexity index is 180. The average Bonchev–Trinajstić information content (AvgIpc) is 2.00. The molecule has 0 aromatic rings. The Morgan fingerprint density at radius 3 is 2.33 bits per heavy atom. The van der Waals surface area contributed by atoms with Gasteiger partial charge >= 0.3 is 6.03 Å². The molecule has 0 fully saturated rings. The second kappa shape index (κ2) is 4.74. The lowest BCUT2D eigenvalue weighted by Crippen LogP contribution is -2.43. The van der Waals surface area contributed by atoms with E-state index in [2.05, 4.69) is 5.32 Å². The number of hydrogen-bond donors (Lipinski definition) is 1. The largest absolute Gasteiger partial charge is 0.325 e. The number of carbonyl (C=O) groups excluding carboxylic acids is 2. The van der Waals surface area contributed by atoms with Gasteiger partial charge in [0.15, 0.2) is 0 Å². The van der Waals surface area contributed by atoms with E-state index in [1.807, 2.05) is 13.8 Å². The number of amides is 3. The quantitative estimate of drug-likeness (QED) is 0.674. The molecule has 0 aromatic carbocycles. The van der Waals surface area contributed by atoms with E-state index < -0.39 is 0 Å². The van der Waals surface area contributed by atoms with E-state index in [-0.39, 0.29) is 18.0 Å². The van der Waals surface area contributed by atoms with Crippen molar-refractivity contribution in [3.63, 3.8) is 0 Å². The summed E-state index contributed by atoms with van der Waals surface area (Å²) in [4.78, 5) is 23.2. The zero-order valence-corrected chi connectivity index (χ0v) is 8.05. The first kappa shape index (κ1) is 10.9. The van der Waals surface area contributed by atoms with E-state index >= 15 is 0 Å². The Balaban J connectivity index is 4.01. The molecule has 0 unspecified atom stereocenters. The Morgan fingerprint density at radius 2 is 2.00 bits per heavy atom. The van der Waals surface area contributed by atoms with Crippen LogP contribution in [-0.4, -0.2) is 29.9 Å². The van der Waals surface area contributed by atoms with Gasteiger partial charge in [0.25, 0.3) is 0 Å². The summed E-state index contributed by atoms with van der Waals surface area (Å²) < 4.78 is 0. The van der Waals surface area contributed by atoms with Crippen molar-refractivity contribution in [2.45, 2.75) is 33.2 Å². The summed E-state index contributed by atoms with van der Waals surface area (Å²) in [5.41, 5.74) is 0. The van der Waals surface area contributed by atoms with Crippen molar-refractivity contribution in [3.05, 3.63) is 0 Å². The maximum atomic E-state index is 11.1. The minimum atomic E-state index is -0.336. The Labute approximate surface area is 72.9 Å². The van der Waals surface area contributed by atoms with Crippen LogP contribution in [0.3, 0.4) is 0 Å². The molecule has 1 N–H and O–H groups in total. The third-order valence-electron chi connectivity index (χ3n) is 1.86. The molecule has 70 valence electrons. The number of rotatable bonds is 2. The van der Waals surface area contributed by atoms with Gasteiger partial charge in [-0.3, -0.25) is 10.1 Å². The zero-order chi connectivity index (χ0) is 9.72. The molecule has 0 saturated heterocycles. The van der Waals surface area contributed by atoms with Crippen LogP contribution in [0, 0.1) is 0 Å². The fraction of sp³-hybridized carbons (Fsp3) is 0.750. The van der Waals surface area contributed by atoms with Crippen LogP contribution in [-0.2, 0) is 4.79 Å². The van der Waals surface area contributed by atoms with Crippen molar-refractivity contribution >= 4 is 11.9 Å². The lowest BCUT2D eigenvalue weighted by atomic mass is 10.2. The maximum Gasteiger partial charge on any atom is 0.324 e. The number of urea groups is 1. The summed E-state index contributed by atoms with van der Waals surface area (Å²) in [5.74, 6) is -0.324. The first-order valence-corrected chi connectivity index (χ1v) is 4.03. The van der Waals surface area contributed by atoms with E-state index in [4.69, 9.17) is 0 Å². The Kier molecular flexibility index (Phi) is 4.33. The van der Waals surface area contributed by atoms with Gasteiger partial charge in [-0.05, 0) is 13.3 Å². The molecule has 0 aliphatic rings. The molecule has 1 atom stereocenters. The van der Waals surface area contributed by atoms with Crippen molar-refractivity contribution in [3.8, 4) is 0 Å². The van der Waals surface area contributed by atoms with Crippen molar-refractivity contribution in [2.24, 2.45) is 0 Å². The van der Waals surface area contributed by atoms with Crippen molar-refractivity contribution in [2.75, 3.05) is 7.05 Å². The maximum absolute atomic E-state index is 11.1. The standard InChI is InChI=1S/C8H16N2O2/c1-5-6(2)10(4)8(12)9-7(3)11/h6H,5H2,1-4H3,(H,9,11,12)/t6-/m1/s1. The molecule has 0 bridgehead atoms. The van der Waals surface area contributed by atoms with Gasteiger partial charge in [0, 0.05) is 20.0 Å². The van der Waals surface area contributed by atoms with Gasteiger partial charge in [0.2, 0.25) is 5.91 Å². The molecule has 0 aliphatic carbocycles. The molecular weight excluding hydrogens is 156 g/mol. The summed E-state index contributed by atoms with van der Waals surface area (Å²) >= 11 is 0. The number of hydrogen-bond acceptors (Lipinski definition) is 2. The molecule has 4 heteroatoms. The van der Waals surface area contributed by atoms with Crippen molar-refractivity contribution in [1.29, 1.82) is 0 Å². The third kappa shape index (κ3) is 3.37. The predicted molar refractivity (Wildman–Crippen MR) is 46.7 cm³/mol. The number of imide groups is 1. The van der Waals surface area contributed by atoms with Gasteiger partial charge in [-0.25, -0.2) is 4.79 Å². The Morgan fingerprint density at radius 1 is 1.50 bits per heavy atom. The van der Waals surface area contributed by atoms with Gasteiger partial charge < -0.3 is 4.90 Å². The summed E-state index contributed by atoms with van der Waals surface area (Å²) in [7, 11) is 1.67. The molecule has 3 amide bonds. The first-order valence-electron chi connectivity index (χ1n) is 4.03. The zero-order valence-electron chi connectivity index (χ0n) is 8.05. The van der Waals surface area contributed by atoms with Crippen molar-refractivity contribution < 1.29 is 9.59 Å². The number of nitrogens with one attached hydrogen (secondary N) is 1. The van der Waals surface area contributed by atoms with Crippen LogP contribution in [0.2, 0.25) is 0 Å². The third-order valence-corrected chi connectivity index (χ3v) is 1.86. The fourth-order valence-corrected chi connectivity index (χ4v) is 0.713. The molecule has 0 aliphatic heterocycles. The van der Waals surface area contributed by atoms with E-state index in [0.29, 0.717) is 0 Å². The topological polar surface area (TPSA) is 49.4 Å². The SMILES string of the molecule is CC[C@@H](C)N(C)C(=O)NC(C)=O. The van der Waals surface area contributed by atoms with Crippen LogP contribution in [0.15, 0.2) is 0 Å². The number of nitrogens with zero attached hydrogens (tertiary/aromatic N) is 1. The fourth-order valence-electron chi connectivity index (χ4n) is 0.713. The molecule has 0 spiro atoms. The predicted octanol–water partition coefficient (Wildman–Crippen LogP) is 0.973. The van der Waals surface area contributed by atoms with E-state index in [0.717, 1.165) is 6.42 Å². The van der Waals surface area contributed by atoms with Gasteiger partial charge in [0.05, 0.1) is 0 Å². The van der Waals surface area contributed by atoms with Gasteiger partial charge in [0.1, 0.15) is 0 Å². The molecule has 0 rings (SSSR count). The van der Waals surface area contributed by atoms with Crippen LogP contribution in [0.5, 0.6) is 0 Å². The van der Waals surface area contributed by atoms with Gasteiger partial charge in [-0.15, -0.1) is 0 Å². The molecule has 4 nitrogen and oxygen atoms in total. The summed E-state index contributed by atoms with van der Waals surface area (Å²) in [6.45, 7) is 5.24. The molecule has 0 heterocycles. The highest BCUT2D eigenvalue weighted by Crippen LogP contribution is 1.99. The minimum absolute atomic E-state index is 0.157. The van der Waals surface area contributed by atoms with E-state index in [1.54, 1.807) is 7.05 Å². The van der Waals surface area contributed by atoms with Crippen LogP contribution in [0.4, 0.5) is 4.79 Å². The normalized spacial score (nSPS) is 12.0. The van der Waals surface area contributed by atoms with Gasteiger partial charge in [-0.1, -0.05) is 6.92 Å². The highest BCUT2D eigenvalue weighted by atomic mass is 16.2. The highest BCUT2D eigenvalue weighted by molar-refractivity contribution is 5.92. The van der Waals surface area contributed by atoms with Crippen molar-refractivity contribution in [1.82, 2.24) is 10.2 Å². The first-order chi connectivity index (χ1) is 5.49. The molecule has 12 heavy (non-hydrogen) atoms. The minimum Gasteiger partial charge on any atom is -0.325 e. The van der Waals surface area contributed by atoms with Crippen LogP contribution >= 0.6 is 0 Å². The Hall–Kier alpha value is -1.06. The summed E-state index contributed by atoms with van der Waals surface area (Å²) in [5, 5.41) is 2.21. The molecule has 0 saturated carbocycles. The summed E-state index contributed by atoms with van der Waals surface area (Å²) in [6.07, 6.45) is 0.877. The van der Waals surface area contributed by atoms with Crippen LogP contribution in [0.25, 0.3) is 0 Å². The van der Waals surface area contributed by atoms with E-state index in [9.17, 15) is 9.59 Å². The average molecular weight is 172 g/mol.